The number of halogens is 1. The zero-order valence-electron chi connectivity index (χ0n) is 27.8. The van der Waals surface area contributed by atoms with Gasteiger partial charge in [0.05, 0.1) is 24.0 Å². The van der Waals surface area contributed by atoms with Crippen molar-refractivity contribution in [2.24, 2.45) is 11.8 Å². The molecular weight excluding hydrogens is 666 g/mol. The molecule has 0 saturated carbocycles. The Hall–Kier alpha value is -3.02. The number of carbonyl (C=O) groups is 4. The summed E-state index contributed by atoms with van der Waals surface area (Å²) in [6.07, 6.45) is 5.64. The second-order valence-electron chi connectivity index (χ2n) is 13.0. The second-order valence-corrected chi connectivity index (χ2v) is 14.2. The number of fused-ring (bicyclic) bond motifs is 1. The number of esters is 1. The van der Waals surface area contributed by atoms with E-state index in [1.54, 1.807) is 28.9 Å². The number of nitrogens with one attached hydrogen (secondary N) is 1. The molecule has 3 heterocycles. The molecular formula is C36H50BrN3O7. The Bertz CT molecular complexity index is 1290. The van der Waals surface area contributed by atoms with Crippen LogP contribution in [-0.4, -0.2) is 93.0 Å². The fourth-order valence-electron chi connectivity index (χ4n) is 7.61. The minimum atomic E-state index is -1.23. The summed E-state index contributed by atoms with van der Waals surface area (Å²) in [6.45, 7) is 13.9. The van der Waals surface area contributed by atoms with Crippen LogP contribution in [0.4, 0.5) is 0 Å². The average Bonchev–Trinajstić information content (AvgIpc) is 3.64. The van der Waals surface area contributed by atoms with Gasteiger partial charge in [-0.1, -0.05) is 71.8 Å². The molecule has 2 N–H and O–H groups in total. The number of amides is 3. The number of nitrogens with zero attached hydrogens (tertiary/aromatic N) is 2. The van der Waals surface area contributed by atoms with Crippen LogP contribution in [0.15, 0.2) is 55.6 Å². The number of rotatable bonds is 18. The number of aliphatic hydroxyl groups is 1. The van der Waals surface area contributed by atoms with Crippen LogP contribution < -0.4 is 5.32 Å². The lowest BCUT2D eigenvalue weighted by Gasteiger charge is -2.39. The molecule has 0 aliphatic carbocycles. The third kappa shape index (κ3) is 7.52. The van der Waals surface area contributed by atoms with Crippen molar-refractivity contribution in [1.29, 1.82) is 0 Å². The van der Waals surface area contributed by atoms with Crippen LogP contribution in [0.5, 0.6) is 0 Å². The highest BCUT2D eigenvalue weighted by Crippen LogP contribution is 2.60. The number of carbonyl (C=O) groups excluding carboxylic acids is 4. The molecule has 1 spiro atoms. The van der Waals surface area contributed by atoms with Gasteiger partial charge in [0.2, 0.25) is 17.7 Å². The predicted molar refractivity (Wildman–Crippen MR) is 182 cm³/mol. The lowest BCUT2D eigenvalue weighted by molar-refractivity contribution is -0.162. The molecule has 0 radical (unpaired) electrons. The smallest absolute Gasteiger partial charge is 0.313 e. The summed E-state index contributed by atoms with van der Waals surface area (Å²) in [5.41, 5.74) is -0.526. The Morgan fingerprint density at radius 1 is 1.21 bits per heavy atom. The number of ether oxygens (including phenoxy) is 2. The van der Waals surface area contributed by atoms with Crippen LogP contribution in [0.2, 0.25) is 0 Å². The quantitative estimate of drug-likeness (QED) is 0.0995. The molecule has 3 saturated heterocycles. The van der Waals surface area contributed by atoms with Crippen molar-refractivity contribution < 1.29 is 33.8 Å². The maximum Gasteiger partial charge on any atom is 0.313 e. The van der Waals surface area contributed by atoms with Gasteiger partial charge in [0.25, 0.3) is 0 Å². The maximum atomic E-state index is 14.6. The third-order valence-corrected chi connectivity index (χ3v) is 10.6. The highest BCUT2D eigenvalue weighted by Gasteiger charge is 2.77. The molecule has 9 atom stereocenters. The Labute approximate surface area is 287 Å². The molecule has 2 unspecified atom stereocenters. The predicted octanol–water partition coefficient (Wildman–Crippen LogP) is 4.47. The number of likely N-dealkylation sites (tertiary alicyclic amines) is 1. The molecule has 1 aromatic carbocycles. The van der Waals surface area contributed by atoms with E-state index in [4.69, 9.17) is 9.47 Å². The largest absolute Gasteiger partial charge is 0.455 e. The van der Waals surface area contributed by atoms with Crippen molar-refractivity contribution in [3.05, 3.63) is 61.2 Å². The molecule has 3 aliphatic rings. The van der Waals surface area contributed by atoms with Gasteiger partial charge in [0.15, 0.2) is 0 Å². The number of alkyl halides is 1. The molecule has 2 bridgehead atoms. The minimum Gasteiger partial charge on any atom is -0.455 e. The number of unbranched alkanes of at least 4 members (excludes halogenated alkanes) is 1. The number of hydrogen-bond acceptors (Lipinski definition) is 7. The van der Waals surface area contributed by atoms with Crippen molar-refractivity contribution >= 4 is 39.6 Å². The molecule has 11 heteroatoms. The monoisotopic (exact) mass is 715 g/mol. The van der Waals surface area contributed by atoms with E-state index in [9.17, 15) is 24.3 Å². The molecule has 3 fully saturated rings. The van der Waals surface area contributed by atoms with E-state index in [0.29, 0.717) is 37.8 Å². The van der Waals surface area contributed by atoms with E-state index in [1.807, 2.05) is 37.3 Å². The van der Waals surface area contributed by atoms with Crippen LogP contribution in [-0.2, 0) is 28.7 Å². The number of benzene rings is 1. The molecule has 3 aliphatic heterocycles. The highest BCUT2D eigenvalue weighted by molar-refractivity contribution is 9.09. The van der Waals surface area contributed by atoms with Gasteiger partial charge >= 0.3 is 5.97 Å². The lowest BCUT2D eigenvalue weighted by Crippen LogP contribution is -2.58. The van der Waals surface area contributed by atoms with Gasteiger partial charge in [0.1, 0.15) is 17.7 Å². The van der Waals surface area contributed by atoms with E-state index in [1.165, 1.54) is 0 Å². The van der Waals surface area contributed by atoms with Gasteiger partial charge in [-0.2, -0.15) is 0 Å². The summed E-state index contributed by atoms with van der Waals surface area (Å²) in [4.78, 5) is 59.0. The minimum absolute atomic E-state index is 0.0362. The number of allylic oxidation sites excluding steroid dienone is 1. The van der Waals surface area contributed by atoms with Crippen LogP contribution in [0.1, 0.15) is 77.4 Å². The Kier molecular flexibility index (Phi) is 12.8. The molecule has 4 rings (SSSR count). The van der Waals surface area contributed by atoms with Crippen LogP contribution in [0, 0.1) is 11.8 Å². The first-order valence-corrected chi connectivity index (χ1v) is 17.8. The SMILES string of the molecule is C=CCCC(=O)N[C@@H](C)[C@H](OC(=O)[C@H]1[C@@H]2O[C@@]3(CC2Br)[C@@H]1C(=O)N(CCCCO)[C@@H]3C(=O)N(CC=C)C(C)CCC)c1ccccc1. The lowest BCUT2D eigenvalue weighted by atomic mass is 9.70. The van der Waals surface area contributed by atoms with Crippen molar-refractivity contribution in [3.8, 4) is 0 Å². The standard InChI is InChI=1S/C36H50BrN3O7/c1-6-9-18-27(42)38-24(5)30(25-16-11-10-12-17-25)46-35(45)28-29-33(43)40(20-13-14-21-41)32(36(29)22-26(37)31(28)47-36)34(44)39(19-8-3)23(4)15-7-2/h6,8,10-12,16-17,23-24,26,28-32,41H,1,3,7,9,13-15,18-22H2,2,4-5H3,(H,38,42)/t23?,24-,26?,28+,29-,30-,31+,32+,36-/m0/s1. The van der Waals surface area contributed by atoms with Crippen LogP contribution >= 0.6 is 15.9 Å². The van der Waals surface area contributed by atoms with Crippen LogP contribution in [0.25, 0.3) is 0 Å². The highest BCUT2D eigenvalue weighted by atomic mass is 79.9. The van der Waals surface area contributed by atoms with Crippen molar-refractivity contribution in [1.82, 2.24) is 15.1 Å². The topological polar surface area (TPSA) is 125 Å². The second kappa shape index (κ2) is 16.4. The van der Waals surface area contributed by atoms with Crippen LogP contribution in [0.3, 0.4) is 0 Å². The summed E-state index contributed by atoms with van der Waals surface area (Å²) >= 11 is 3.73. The molecule has 258 valence electrons. The van der Waals surface area contributed by atoms with Crippen molar-refractivity contribution in [2.45, 2.75) is 106 Å². The van der Waals surface area contributed by atoms with Gasteiger partial charge in [-0.25, -0.2) is 0 Å². The zero-order chi connectivity index (χ0) is 34.3. The summed E-state index contributed by atoms with van der Waals surface area (Å²) in [5.74, 6) is -3.21. The average molecular weight is 717 g/mol. The number of hydrogen-bond donors (Lipinski definition) is 2. The fraction of sp³-hybridized carbons (Fsp3) is 0.611. The van der Waals surface area contributed by atoms with E-state index in [-0.39, 0.29) is 48.2 Å². The van der Waals surface area contributed by atoms with E-state index < -0.39 is 47.7 Å². The van der Waals surface area contributed by atoms with Crippen molar-refractivity contribution in [3.63, 3.8) is 0 Å². The van der Waals surface area contributed by atoms with Gasteiger partial charge in [-0.05, 0) is 51.5 Å². The first-order chi connectivity index (χ1) is 22.6. The molecule has 10 nitrogen and oxygen atoms in total. The summed E-state index contributed by atoms with van der Waals surface area (Å²) < 4.78 is 12.9. The van der Waals surface area contributed by atoms with E-state index >= 15 is 0 Å². The van der Waals surface area contributed by atoms with Crippen molar-refractivity contribution in [2.75, 3.05) is 19.7 Å². The fourth-order valence-corrected chi connectivity index (χ4v) is 8.55. The van der Waals surface area contributed by atoms with Gasteiger partial charge in [-0.15, -0.1) is 13.2 Å². The van der Waals surface area contributed by atoms with E-state index in [0.717, 1.165) is 12.8 Å². The van der Waals surface area contributed by atoms with E-state index in [2.05, 4.69) is 41.3 Å². The van der Waals surface area contributed by atoms with Gasteiger partial charge in [0, 0.05) is 37.0 Å². The summed E-state index contributed by atoms with van der Waals surface area (Å²) in [7, 11) is 0. The molecule has 3 amide bonds. The number of aliphatic hydroxyl groups excluding tert-OH is 1. The Morgan fingerprint density at radius 2 is 1.94 bits per heavy atom. The zero-order valence-corrected chi connectivity index (χ0v) is 29.4. The maximum absolute atomic E-state index is 14.6. The summed E-state index contributed by atoms with van der Waals surface area (Å²) in [5, 5.41) is 12.4. The first-order valence-electron chi connectivity index (χ1n) is 16.9. The normalized spacial score (nSPS) is 27.9. The van der Waals surface area contributed by atoms with Gasteiger partial charge in [-0.3, -0.25) is 19.2 Å². The Morgan fingerprint density at radius 3 is 2.57 bits per heavy atom. The molecule has 1 aromatic rings. The Balaban J connectivity index is 1.69. The van der Waals surface area contributed by atoms with Gasteiger partial charge < -0.3 is 29.7 Å². The summed E-state index contributed by atoms with van der Waals surface area (Å²) in [6, 6.07) is 7.60. The molecule has 0 aromatic heterocycles. The third-order valence-electron chi connectivity index (χ3n) is 9.74. The molecule has 47 heavy (non-hydrogen) atoms. The first kappa shape index (κ1) is 36.8.